The Balaban J connectivity index is 2.39. The van der Waals surface area contributed by atoms with Crippen LogP contribution in [0.1, 0.15) is 19.0 Å². The molecule has 8 heteroatoms. The van der Waals surface area contributed by atoms with Crippen LogP contribution in [0.15, 0.2) is 24.7 Å². The predicted octanol–water partition coefficient (Wildman–Crippen LogP) is 2.70. The summed E-state index contributed by atoms with van der Waals surface area (Å²) in [6, 6.07) is 3.36. The minimum atomic E-state index is -0.557. The minimum Gasteiger partial charge on any atom is -0.432 e. The van der Waals surface area contributed by atoms with Gasteiger partial charge >= 0.3 is 11.6 Å². The molecule has 0 radical (unpaired) electrons. The Labute approximate surface area is 121 Å². The fourth-order valence-corrected chi connectivity index (χ4v) is 1.66. The Kier molecular flexibility index (Phi) is 4.60. The van der Waals surface area contributed by atoms with Crippen LogP contribution in [0.4, 0.5) is 11.5 Å². The van der Waals surface area contributed by atoms with Gasteiger partial charge in [-0.05, 0) is 25.5 Å². The molecule has 0 aliphatic carbocycles. The average molecular weight is 289 g/mol. The number of pyridine rings is 1. The van der Waals surface area contributed by atoms with Crippen LogP contribution in [0.3, 0.4) is 0 Å². The van der Waals surface area contributed by atoms with Crippen molar-refractivity contribution in [2.75, 3.05) is 11.9 Å². The minimum absolute atomic E-state index is 0.107. The smallest absolute Gasteiger partial charge is 0.373 e. The molecule has 0 saturated heterocycles. The first kappa shape index (κ1) is 14.6. The lowest BCUT2D eigenvalue weighted by Crippen LogP contribution is -2.07. The van der Waals surface area contributed by atoms with Gasteiger partial charge in [0, 0.05) is 12.7 Å². The van der Waals surface area contributed by atoms with Gasteiger partial charge in [0.15, 0.2) is 5.75 Å². The monoisotopic (exact) mass is 289 g/mol. The first-order valence-electron chi connectivity index (χ1n) is 6.46. The number of aromatic nitrogens is 3. The van der Waals surface area contributed by atoms with E-state index < -0.39 is 4.92 Å². The van der Waals surface area contributed by atoms with Gasteiger partial charge < -0.3 is 10.1 Å². The molecular formula is C13H15N5O3. The quantitative estimate of drug-likeness (QED) is 0.644. The maximum atomic E-state index is 11.3. The summed E-state index contributed by atoms with van der Waals surface area (Å²) >= 11 is 0. The molecule has 2 heterocycles. The summed E-state index contributed by atoms with van der Waals surface area (Å²) in [4.78, 5) is 22.5. The van der Waals surface area contributed by atoms with E-state index in [1.807, 2.05) is 6.92 Å². The van der Waals surface area contributed by atoms with Crippen LogP contribution in [-0.4, -0.2) is 26.4 Å². The highest BCUT2D eigenvalue weighted by Crippen LogP contribution is 2.34. The van der Waals surface area contributed by atoms with E-state index in [1.54, 1.807) is 25.3 Å². The van der Waals surface area contributed by atoms with Crippen molar-refractivity contribution in [2.24, 2.45) is 0 Å². The van der Waals surface area contributed by atoms with Crippen molar-refractivity contribution in [1.82, 2.24) is 15.0 Å². The van der Waals surface area contributed by atoms with Gasteiger partial charge in [-0.3, -0.25) is 15.1 Å². The summed E-state index contributed by atoms with van der Waals surface area (Å²) in [7, 11) is 0. The molecule has 2 rings (SSSR count). The fourth-order valence-electron chi connectivity index (χ4n) is 1.66. The Morgan fingerprint density at radius 2 is 2.19 bits per heavy atom. The number of nitrogens with zero attached hydrogens (tertiary/aromatic N) is 4. The number of hydrogen-bond acceptors (Lipinski definition) is 7. The van der Waals surface area contributed by atoms with Gasteiger partial charge in [0.05, 0.1) is 10.6 Å². The Hall–Kier alpha value is -2.77. The lowest BCUT2D eigenvalue weighted by molar-refractivity contribution is -0.385. The Morgan fingerprint density at radius 3 is 2.86 bits per heavy atom. The third kappa shape index (κ3) is 3.41. The second kappa shape index (κ2) is 6.60. The zero-order valence-electron chi connectivity index (χ0n) is 11.7. The topological polar surface area (TPSA) is 103 Å². The van der Waals surface area contributed by atoms with Gasteiger partial charge in [0.25, 0.3) is 0 Å². The average Bonchev–Trinajstić information content (AvgIpc) is 2.47. The van der Waals surface area contributed by atoms with E-state index in [-0.39, 0.29) is 17.4 Å². The van der Waals surface area contributed by atoms with Crippen LogP contribution in [0.5, 0.6) is 11.6 Å². The summed E-state index contributed by atoms with van der Waals surface area (Å²) in [5.41, 5.74) is 0.336. The number of nitrogens with one attached hydrogen (secondary N) is 1. The molecule has 0 bridgehead atoms. The molecule has 2 aromatic heterocycles. The molecule has 0 atom stereocenters. The van der Waals surface area contributed by atoms with Crippen molar-refractivity contribution < 1.29 is 9.66 Å². The van der Waals surface area contributed by atoms with Crippen molar-refractivity contribution in [3.05, 3.63) is 40.5 Å². The first-order chi connectivity index (χ1) is 10.1. The van der Waals surface area contributed by atoms with E-state index in [9.17, 15) is 10.1 Å². The van der Waals surface area contributed by atoms with Crippen molar-refractivity contribution in [3.8, 4) is 11.6 Å². The highest BCUT2D eigenvalue weighted by Gasteiger charge is 2.25. The SMILES string of the molecule is CCCNc1ncnc(Oc2cccnc2C)c1[N+](=O)[O-]. The summed E-state index contributed by atoms with van der Waals surface area (Å²) in [5, 5.41) is 14.2. The second-order valence-electron chi connectivity index (χ2n) is 4.25. The molecule has 0 aromatic carbocycles. The molecule has 0 unspecified atom stereocenters. The van der Waals surface area contributed by atoms with Crippen molar-refractivity contribution in [3.63, 3.8) is 0 Å². The maximum absolute atomic E-state index is 11.3. The van der Waals surface area contributed by atoms with E-state index in [0.717, 1.165) is 6.42 Å². The van der Waals surface area contributed by atoms with Gasteiger partial charge in [-0.15, -0.1) is 0 Å². The van der Waals surface area contributed by atoms with Crippen molar-refractivity contribution in [1.29, 1.82) is 0 Å². The van der Waals surface area contributed by atoms with Crippen LogP contribution >= 0.6 is 0 Å². The highest BCUT2D eigenvalue weighted by molar-refractivity contribution is 5.61. The molecule has 0 aliphatic rings. The molecule has 110 valence electrons. The van der Waals surface area contributed by atoms with Crippen molar-refractivity contribution in [2.45, 2.75) is 20.3 Å². The number of hydrogen-bond donors (Lipinski definition) is 1. The molecule has 0 fully saturated rings. The molecule has 8 nitrogen and oxygen atoms in total. The first-order valence-corrected chi connectivity index (χ1v) is 6.46. The number of aryl methyl sites for hydroxylation is 1. The molecular weight excluding hydrogens is 274 g/mol. The van der Waals surface area contributed by atoms with Crippen LogP contribution in [0.2, 0.25) is 0 Å². The molecule has 0 saturated carbocycles. The standard InChI is InChI=1S/C13H15N5O3/c1-3-6-15-12-11(18(19)20)13(17-8-16-12)21-10-5-4-7-14-9(10)2/h4-5,7-8H,3,6H2,1-2H3,(H,15,16,17). The molecule has 1 N–H and O–H groups in total. The van der Waals surface area contributed by atoms with Gasteiger partial charge in [-0.25, -0.2) is 4.98 Å². The summed E-state index contributed by atoms with van der Waals surface area (Å²) in [6.07, 6.45) is 3.66. The number of nitro groups is 1. The molecule has 2 aromatic rings. The number of anilines is 1. The summed E-state index contributed by atoms with van der Waals surface area (Å²) < 4.78 is 5.53. The molecule has 0 aliphatic heterocycles. The van der Waals surface area contributed by atoms with Crippen LogP contribution in [0.25, 0.3) is 0 Å². The number of rotatable bonds is 6. The Morgan fingerprint density at radius 1 is 1.38 bits per heavy atom. The third-order valence-corrected chi connectivity index (χ3v) is 2.68. The number of ether oxygens (including phenoxy) is 1. The largest absolute Gasteiger partial charge is 0.432 e. The predicted molar refractivity (Wildman–Crippen MR) is 76.5 cm³/mol. The maximum Gasteiger partial charge on any atom is 0.373 e. The zero-order valence-corrected chi connectivity index (χ0v) is 11.7. The van der Waals surface area contributed by atoms with Crippen LogP contribution in [-0.2, 0) is 0 Å². The van der Waals surface area contributed by atoms with E-state index in [1.165, 1.54) is 6.33 Å². The van der Waals surface area contributed by atoms with E-state index in [4.69, 9.17) is 4.74 Å². The van der Waals surface area contributed by atoms with Gasteiger partial charge in [0.2, 0.25) is 5.82 Å². The normalized spacial score (nSPS) is 10.2. The lowest BCUT2D eigenvalue weighted by atomic mass is 10.3. The van der Waals surface area contributed by atoms with Gasteiger partial charge in [-0.1, -0.05) is 6.92 Å². The van der Waals surface area contributed by atoms with Gasteiger partial charge in [-0.2, -0.15) is 4.98 Å². The van der Waals surface area contributed by atoms with E-state index >= 15 is 0 Å². The molecule has 21 heavy (non-hydrogen) atoms. The summed E-state index contributed by atoms with van der Waals surface area (Å²) in [5.74, 6) is 0.457. The second-order valence-corrected chi connectivity index (χ2v) is 4.25. The molecule has 0 spiro atoms. The summed E-state index contributed by atoms with van der Waals surface area (Å²) in [6.45, 7) is 4.28. The fraction of sp³-hybridized carbons (Fsp3) is 0.308. The van der Waals surface area contributed by atoms with Crippen LogP contribution in [0, 0.1) is 17.0 Å². The lowest BCUT2D eigenvalue weighted by Gasteiger charge is -2.09. The van der Waals surface area contributed by atoms with E-state index in [0.29, 0.717) is 18.0 Å². The molecule has 0 amide bonds. The van der Waals surface area contributed by atoms with Crippen molar-refractivity contribution >= 4 is 11.5 Å². The van der Waals surface area contributed by atoms with E-state index in [2.05, 4.69) is 20.3 Å². The van der Waals surface area contributed by atoms with Gasteiger partial charge in [0.1, 0.15) is 6.33 Å². The van der Waals surface area contributed by atoms with Crippen LogP contribution < -0.4 is 10.1 Å². The Bertz CT molecular complexity index is 647. The third-order valence-electron chi connectivity index (χ3n) is 2.68. The highest BCUT2D eigenvalue weighted by atomic mass is 16.6. The zero-order chi connectivity index (χ0) is 15.2.